The third-order valence-electron chi connectivity index (χ3n) is 7.54. The van der Waals surface area contributed by atoms with Crippen molar-refractivity contribution in [1.29, 1.82) is 0 Å². The Kier molecular flexibility index (Phi) is 7.24. The second-order valence-electron chi connectivity index (χ2n) is 10.5. The van der Waals surface area contributed by atoms with Gasteiger partial charge in [0, 0.05) is 12.1 Å². The van der Waals surface area contributed by atoms with Gasteiger partial charge in [0.25, 0.3) is 0 Å². The van der Waals surface area contributed by atoms with Gasteiger partial charge in [-0.2, -0.15) is 17.5 Å². The normalized spacial score (nSPS) is 20.8. The van der Waals surface area contributed by atoms with Crippen LogP contribution in [0.3, 0.4) is 0 Å². The SMILES string of the molecule is CC1(C)CCC2(CCN(CC(=O)Nc3ccccc3C(F)(F)F)CC2)CN1S(=O)(=O)c1ccccc1. The molecule has 0 aliphatic carbocycles. The summed E-state index contributed by atoms with van der Waals surface area (Å²) in [5.74, 6) is -0.499. The topological polar surface area (TPSA) is 69.7 Å². The summed E-state index contributed by atoms with van der Waals surface area (Å²) >= 11 is 0. The molecule has 1 amide bonds. The number of hydrogen-bond acceptors (Lipinski definition) is 4. The van der Waals surface area contributed by atoms with E-state index in [1.807, 2.05) is 18.7 Å². The Morgan fingerprint density at radius 3 is 2.19 bits per heavy atom. The van der Waals surface area contributed by atoms with Gasteiger partial charge >= 0.3 is 6.18 Å². The first-order chi connectivity index (χ1) is 16.8. The molecule has 2 aliphatic heterocycles. The van der Waals surface area contributed by atoms with Gasteiger partial charge in [0.15, 0.2) is 0 Å². The summed E-state index contributed by atoms with van der Waals surface area (Å²) in [6.45, 7) is 5.47. The average Bonchev–Trinajstić information content (AvgIpc) is 2.82. The van der Waals surface area contributed by atoms with Gasteiger partial charge in [0.1, 0.15) is 0 Å². The van der Waals surface area contributed by atoms with Gasteiger partial charge in [-0.05, 0) is 82.3 Å². The molecule has 0 unspecified atom stereocenters. The Morgan fingerprint density at radius 1 is 0.944 bits per heavy atom. The molecule has 2 saturated heterocycles. The Bertz CT molecular complexity index is 1190. The van der Waals surface area contributed by atoms with E-state index in [2.05, 4.69) is 5.32 Å². The summed E-state index contributed by atoms with van der Waals surface area (Å²) in [6.07, 6.45) is -1.50. The van der Waals surface area contributed by atoms with Crippen molar-refractivity contribution in [1.82, 2.24) is 9.21 Å². The molecule has 4 rings (SSSR count). The highest BCUT2D eigenvalue weighted by molar-refractivity contribution is 7.89. The number of anilines is 1. The van der Waals surface area contributed by atoms with Crippen LogP contribution in [0.2, 0.25) is 0 Å². The second kappa shape index (κ2) is 9.79. The molecule has 2 aliphatic rings. The van der Waals surface area contributed by atoms with Crippen LogP contribution in [0.15, 0.2) is 59.5 Å². The standard InChI is InChI=1S/C26H32F3N3O3S/c1-24(2)12-13-25(19-32(24)36(34,35)20-8-4-3-5-9-20)14-16-31(17-15-25)18-23(33)30-22-11-7-6-10-21(22)26(27,28)29/h3-11H,12-19H2,1-2H3,(H,30,33). The van der Waals surface area contributed by atoms with Crippen LogP contribution >= 0.6 is 0 Å². The van der Waals surface area contributed by atoms with Gasteiger partial charge in [-0.15, -0.1) is 0 Å². The molecule has 2 fully saturated rings. The molecule has 36 heavy (non-hydrogen) atoms. The van der Waals surface area contributed by atoms with Crippen molar-refractivity contribution in [2.45, 2.75) is 56.1 Å². The number of carbonyl (C=O) groups excluding carboxylic acids is 1. The number of nitrogens with zero attached hydrogens (tertiary/aromatic N) is 2. The van der Waals surface area contributed by atoms with E-state index in [0.717, 1.165) is 31.7 Å². The number of likely N-dealkylation sites (tertiary alicyclic amines) is 1. The zero-order valence-electron chi connectivity index (χ0n) is 20.5. The van der Waals surface area contributed by atoms with Crippen LogP contribution in [0.5, 0.6) is 0 Å². The first kappa shape index (κ1) is 26.6. The number of hydrogen-bond donors (Lipinski definition) is 1. The fourth-order valence-corrected chi connectivity index (χ4v) is 7.19. The van der Waals surface area contributed by atoms with Gasteiger partial charge in [0.05, 0.1) is 22.7 Å². The Labute approximate surface area is 210 Å². The molecule has 196 valence electrons. The van der Waals surface area contributed by atoms with Crippen molar-refractivity contribution in [3.05, 3.63) is 60.2 Å². The number of carbonyl (C=O) groups is 1. The highest BCUT2D eigenvalue weighted by Gasteiger charge is 2.49. The van der Waals surface area contributed by atoms with Gasteiger partial charge in [0.2, 0.25) is 15.9 Å². The molecule has 2 heterocycles. The van der Waals surface area contributed by atoms with E-state index in [1.54, 1.807) is 34.6 Å². The van der Waals surface area contributed by atoms with Crippen LogP contribution < -0.4 is 5.32 Å². The fourth-order valence-electron chi connectivity index (χ4n) is 5.25. The van der Waals surface area contributed by atoms with Crippen LogP contribution in [0, 0.1) is 5.41 Å². The molecule has 0 atom stereocenters. The van der Waals surface area contributed by atoms with E-state index in [-0.39, 0.29) is 22.5 Å². The van der Waals surface area contributed by atoms with Crippen LogP contribution in [0.1, 0.15) is 45.1 Å². The van der Waals surface area contributed by atoms with Crippen LogP contribution in [0.25, 0.3) is 0 Å². The summed E-state index contributed by atoms with van der Waals surface area (Å²) in [6, 6.07) is 13.4. The lowest BCUT2D eigenvalue weighted by Gasteiger charge is -2.53. The molecule has 0 aromatic heterocycles. The van der Waals surface area contributed by atoms with E-state index in [4.69, 9.17) is 0 Å². The van der Waals surface area contributed by atoms with Gasteiger partial charge < -0.3 is 5.32 Å². The highest BCUT2D eigenvalue weighted by Crippen LogP contribution is 2.46. The Morgan fingerprint density at radius 2 is 1.56 bits per heavy atom. The molecule has 2 aromatic carbocycles. The maximum Gasteiger partial charge on any atom is 0.418 e. The predicted molar refractivity (Wildman–Crippen MR) is 132 cm³/mol. The average molecular weight is 524 g/mol. The number of benzene rings is 2. The van der Waals surface area contributed by atoms with E-state index in [0.29, 0.717) is 19.6 Å². The van der Waals surface area contributed by atoms with Crippen molar-refractivity contribution in [3.63, 3.8) is 0 Å². The van der Waals surface area contributed by atoms with Crippen LogP contribution in [-0.4, -0.2) is 55.2 Å². The first-order valence-corrected chi connectivity index (χ1v) is 13.5. The minimum Gasteiger partial charge on any atom is -0.324 e. The molecule has 2 aromatic rings. The number of halogens is 3. The smallest absolute Gasteiger partial charge is 0.324 e. The summed E-state index contributed by atoms with van der Waals surface area (Å²) in [5, 5.41) is 2.40. The van der Waals surface area contributed by atoms with E-state index in [1.165, 1.54) is 18.2 Å². The van der Waals surface area contributed by atoms with Crippen LogP contribution in [0.4, 0.5) is 18.9 Å². The molecule has 1 N–H and O–H groups in total. The number of amides is 1. The number of alkyl halides is 3. The molecule has 1 spiro atoms. The van der Waals surface area contributed by atoms with Crippen molar-refractivity contribution in [3.8, 4) is 0 Å². The quantitative estimate of drug-likeness (QED) is 0.600. The molecule has 0 saturated carbocycles. The number of nitrogens with one attached hydrogen (secondary N) is 1. The minimum atomic E-state index is -4.55. The largest absolute Gasteiger partial charge is 0.418 e. The lowest BCUT2D eigenvalue weighted by molar-refractivity contribution is -0.137. The lowest BCUT2D eigenvalue weighted by Crippen LogP contribution is -2.59. The van der Waals surface area contributed by atoms with Crippen molar-refractivity contribution < 1.29 is 26.4 Å². The Balaban J connectivity index is 1.40. The van der Waals surface area contributed by atoms with Crippen molar-refractivity contribution >= 4 is 21.6 Å². The number of para-hydroxylation sites is 1. The molecule has 10 heteroatoms. The maximum atomic E-state index is 13.5. The summed E-state index contributed by atoms with van der Waals surface area (Å²) in [5.41, 5.74) is -1.82. The monoisotopic (exact) mass is 523 g/mol. The maximum absolute atomic E-state index is 13.5. The summed E-state index contributed by atoms with van der Waals surface area (Å²) in [4.78, 5) is 14.7. The highest BCUT2D eigenvalue weighted by atomic mass is 32.2. The van der Waals surface area contributed by atoms with E-state index in [9.17, 15) is 26.4 Å². The fraction of sp³-hybridized carbons (Fsp3) is 0.500. The first-order valence-electron chi connectivity index (χ1n) is 12.1. The van der Waals surface area contributed by atoms with E-state index < -0.39 is 33.2 Å². The summed E-state index contributed by atoms with van der Waals surface area (Å²) in [7, 11) is -3.66. The molecular weight excluding hydrogens is 491 g/mol. The minimum absolute atomic E-state index is 0.0141. The lowest BCUT2D eigenvalue weighted by atomic mass is 9.69. The Hall–Kier alpha value is -2.43. The van der Waals surface area contributed by atoms with Crippen molar-refractivity contribution in [2.24, 2.45) is 5.41 Å². The predicted octanol–water partition coefficient (Wildman–Crippen LogP) is 4.99. The zero-order chi connectivity index (χ0) is 26.2. The van der Waals surface area contributed by atoms with E-state index >= 15 is 0 Å². The number of piperidine rings is 2. The number of rotatable bonds is 5. The molecule has 0 bridgehead atoms. The molecule has 6 nitrogen and oxygen atoms in total. The third-order valence-corrected chi connectivity index (χ3v) is 9.61. The van der Waals surface area contributed by atoms with Gasteiger partial charge in [-0.25, -0.2) is 8.42 Å². The zero-order valence-corrected chi connectivity index (χ0v) is 21.3. The molecular formula is C26H32F3N3O3S. The third kappa shape index (κ3) is 5.60. The van der Waals surface area contributed by atoms with Crippen molar-refractivity contribution in [2.75, 3.05) is 31.5 Å². The van der Waals surface area contributed by atoms with Gasteiger partial charge in [-0.3, -0.25) is 9.69 Å². The van der Waals surface area contributed by atoms with Gasteiger partial charge in [-0.1, -0.05) is 30.3 Å². The molecule has 0 radical (unpaired) electrons. The number of sulfonamides is 1. The summed E-state index contributed by atoms with van der Waals surface area (Å²) < 4.78 is 68.3. The second-order valence-corrected chi connectivity index (χ2v) is 12.4. The van der Waals surface area contributed by atoms with Crippen LogP contribution in [-0.2, 0) is 21.0 Å².